The Morgan fingerprint density at radius 1 is 1.04 bits per heavy atom. The molecular weight excluding hydrogens is 300 g/mol. The molecule has 0 spiro atoms. The van der Waals surface area contributed by atoms with E-state index in [0.29, 0.717) is 11.3 Å². The average molecular weight is 318 g/mol. The lowest BCUT2D eigenvalue weighted by Crippen LogP contribution is -2.36. The van der Waals surface area contributed by atoms with Gasteiger partial charge in [-0.15, -0.1) is 0 Å². The maximum Gasteiger partial charge on any atom is 0.333 e. The molecule has 0 bridgehead atoms. The van der Waals surface area contributed by atoms with E-state index in [4.69, 9.17) is 9.47 Å². The number of hydrogen-bond donors (Lipinski definition) is 0. The van der Waals surface area contributed by atoms with Crippen molar-refractivity contribution in [2.24, 2.45) is 0 Å². The number of rotatable bonds is 8. The molecule has 0 aliphatic carbocycles. The van der Waals surface area contributed by atoms with Crippen LogP contribution in [0.2, 0.25) is 0 Å². The maximum absolute atomic E-state index is 12.3. The number of hydrogen-bond acceptors (Lipinski definition) is 6. The molecule has 0 saturated heterocycles. The molecule has 0 atom stereocenters. The Morgan fingerprint density at radius 3 is 2.13 bits per heavy atom. The lowest BCUT2D eigenvalue weighted by Gasteiger charge is -2.22. The van der Waals surface area contributed by atoms with E-state index in [1.54, 1.807) is 12.1 Å². The van der Waals surface area contributed by atoms with E-state index in [9.17, 15) is 14.4 Å². The highest BCUT2D eigenvalue weighted by Crippen LogP contribution is 2.20. The maximum atomic E-state index is 12.3. The molecule has 122 valence electrons. The van der Waals surface area contributed by atoms with Gasteiger partial charge >= 0.3 is 11.9 Å². The first-order chi connectivity index (χ1) is 10.8. The van der Waals surface area contributed by atoms with Crippen molar-refractivity contribution in [2.45, 2.75) is 19.4 Å². The third kappa shape index (κ3) is 5.43. The van der Waals surface area contributed by atoms with Gasteiger partial charge in [-0.25, -0.2) is 9.59 Å². The van der Waals surface area contributed by atoms with Crippen LogP contribution in [-0.2, 0) is 19.1 Å². The standard InChI is InChI=1S/C17H18O6/c1-5-14(18)22-11-21-13-9-7-12(8-10-13)16(20)17(3,4)23-15(19)6-2/h5-10H,1-2,11H2,3-4H3. The molecule has 0 saturated carbocycles. The third-order valence-electron chi connectivity index (χ3n) is 2.78. The van der Waals surface area contributed by atoms with E-state index in [2.05, 4.69) is 17.9 Å². The minimum absolute atomic E-state index is 0.263. The van der Waals surface area contributed by atoms with E-state index in [1.165, 1.54) is 26.0 Å². The summed E-state index contributed by atoms with van der Waals surface area (Å²) in [5.74, 6) is -1.22. The van der Waals surface area contributed by atoms with Gasteiger partial charge in [0.1, 0.15) is 5.75 Å². The highest BCUT2D eigenvalue weighted by Gasteiger charge is 2.32. The van der Waals surface area contributed by atoms with Gasteiger partial charge in [-0.2, -0.15) is 0 Å². The number of ether oxygens (including phenoxy) is 3. The molecule has 0 aromatic heterocycles. The molecule has 1 aromatic rings. The molecule has 23 heavy (non-hydrogen) atoms. The number of ketones is 1. The molecule has 0 aliphatic heterocycles. The molecule has 0 amide bonds. The lowest BCUT2D eigenvalue weighted by atomic mass is 9.96. The van der Waals surface area contributed by atoms with Crippen LogP contribution < -0.4 is 4.74 Å². The van der Waals surface area contributed by atoms with Gasteiger partial charge in [-0.05, 0) is 38.1 Å². The molecule has 0 N–H and O–H groups in total. The normalized spacial score (nSPS) is 10.3. The summed E-state index contributed by atoms with van der Waals surface area (Å²) in [4.78, 5) is 34.4. The van der Waals surface area contributed by atoms with Crippen LogP contribution in [0.3, 0.4) is 0 Å². The molecule has 0 unspecified atom stereocenters. The quantitative estimate of drug-likeness (QED) is 0.317. The molecule has 0 radical (unpaired) electrons. The molecular formula is C17H18O6. The van der Waals surface area contributed by atoms with E-state index in [1.807, 2.05) is 0 Å². The van der Waals surface area contributed by atoms with Crippen LogP contribution in [0.25, 0.3) is 0 Å². The van der Waals surface area contributed by atoms with Crippen molar-refractivity contribution < 1.29 is 28.6 Å². The first-order valence-corrected chi connectivity index (χ1v) is 6.72. The fraction of sp³-hybridized carbons (Fsp3) is 0.235. The minimum Gasteiger partial charge on any atom is -0.457 e. The van der Waals surface area contributed by atoms with Crippen molar-refractivity contribution in [2.75, 3.05) is 6.79 Å². The van der Waals surface area contributed by atoms with Crippen LogP contribution in [0.1, 0.15) is 24.2 Å². The first kappa shape index (κ1) is 18.2. The van der Waals surface area contributed by atoms with Crippen molar-refractivity contribution in [1.29, 1.82) is 0 Å². The van der Waals surface area contributed by atoms with Gasteiger partial charge < -0.3 is 14.2 Å². The van der Waals surface area contributed by atoms with Gasteiger partial charge in [-0.3, -0.25) is 4.79 Å². The lowest BCUT2D eigenvalue weighted by molar-refractivity contribution is -0.146. The predicted molar refractivity (Wildman–Crippen MR) is 82.9 cm³/mol. The Morgan fingerprint density at radius 2 is 1.61 bits per heavy atom. The zero-order chi connectivity index (χ0) is 17.5. The zero-order valence-corrected chi connectivity index (χ0v) is 13.0. The minimum atomic E-state index is -1.31. The topological polar surface area (TPSA) is 78.9 Å². The second-order valence-corrected chi connectivity index (χ2v) is 4.92. The molecule has 6 heteroatoms. The highest BCUT2D eigenvalue weighted by molar-refractivity contribution is 6.03. The number of benzene rings is 1. The summed E-state index contributed by atoms with van der Waals surface area (Å²) in [7, 11) is 0. The number of Topliss-reactive ketones (excluding diaryl/α,β-unsaturated/α-hetero) is 1. The van der Waals surface area contributed by atoms with Crippen molar-refractivity contribution in [3.63, 3.8) is 0 Å². The summed E-state index contributed by atoms with van der Waals surface area (Å²) in [6.45, 7) is 9.28. The molecule has 0 heterocycles. The van der Waals surface area contributed by atoms with Gasteiger partial charge in [0, 0.05) is 17.7 Å². The van der Waals surface area contributed by atoms with E-state index < -0.39 is 17.5 Å². The summed E-state index contributed by atoms with van der Waals surface area (Å²) >= 11 is 0. The Hall–Kier alpha value is -2.89. The van der Waals surface area contributed by atoms with Crippen molar-refractivity contribution in [1.82, 2.24) is 0 Å². The molecule has 0 fully saturated rings. The first-order valence-electron chi connectivity index (χ1n) is 6.72. The van der Waals surface area contributed by atoms with E-state index >= 15 is 0 Å². The van der Waals surface area contributed by atoms with Crippen LogP contribution in [0, 0.1) is 0 Å². The summed E-state index contributed by atoms with van der Waals surface area (Å²) in [5, 5.41) is 0. The molecule has 1 aromatic carbocycles. The Labute approximate surface area is 134 Å². The van der Waals surface area contributed by atoms with Gasteiger partial charge in [0.25, 0.3) is 0 Å². The number of esters is 2. The monoisotopic (exact) mass is 318 g/mol. The molecule has 0 aliphatic rings. The summed E-state index contributed by atoms with van der Waals surface area (Å²) < 4.78 is 14.9. The molecule has 1 rings (SSSR count). The van der Waals surface area contributed by atoms with Crippen molar-refractivity contribution in [3.05, 3.63) is 55.1 Å². The summed E-state index contributed by atoms with van der Waals surface area (Å²) in [6, 6.07) is 6.13. The second kappa shape index (κ2) is 7.93. The Bertz CT molecular complexity index is 612. The van der Waals surface area contributed by atoms with Gasteiger partial charge in [0.2, 0.25) is 12.6 Å². The van der Waals surface area contributed by atoms with Crippen molar-refractivity contribution >= 4 is 17.7 Å². The van der Waals surface area contributed by atoms with Crippen LogP contribution in [0.4, 0.5) is 0 Å². The predicted octanol–water partition coefficient (Wildman–Crippen LogP) is 2.44. The molecule has 6 nitrogen and oxygen atoms in total. The Kier molecular flexibility index (Phi) is 6.26. The SMILES string of the molecule is C=CC(=O)OCOc1ccc(C(=O)C(C)(C)OC(=O)C=C)cc1. The fourth-order valence-electron chi connectivity index (χ4n) is 1.60. The number of carbonyl (C=O) groups excluding carboxylic acids is 3. The summed E-state index contributed by atoms with van der Waals surface area (Å²) in [6.07, 6.45) is 2.02. The Balaban J connectivity index is 2.70. The van der Waals surface area contributed by atoms with E-state index in [0.717, 1.165) is 12.2 Å². The smallest absolute Gasteiger partial charge is 0.333 e. The average Bonchev–Trinajstić information content (AvgIpc) is 2.54. The van der Waals surface area contributed by atoms with Crippen molar-refractivity contribution in [3.8, 4) is 5.75 Å². The van der Waals surface area contributed by atoms with Crippen LogP contribution in [0.5, 0.6) is 5.75 Å². The fourth-order valence-corrected chi connectivity index (χ4v) is 1.60. The van der Waals surface area contributed by atoms with Gasteiger partial charge in [-0.1, -0.05) is 13.2 Å². The third-order valence-corrected chi connectivity index (χ3v) is 2.78. The zero-order valence-electron chi connectivity index (χ0n) is 13.0. The van der Waals surface area contributed by atoms with Gasteiger partial charge in [0.15, 0.2) is 5.60 Å². The van der Waals surface area contributed by atoms with Crippen LogP contribution >= 0.6 is 0 Å². The highest BCUT2D eigenvalue weighted by atomic mass is 16.7. The van der Waals surface area contributed by atoms with E-state index in [-0.39, 0.29) is 12.6 Å². The number of carbonyl (C=O) groups is 3. The van der Waals surface area contributed by atoms with Crippen LogP contribution in [0.15, 0.2) is 49.6 Å². The van der Waals surface area contributed by atoms with Gasteiger partial charge in [0.05, 0.1) is 0 Å². The largest absolute Gasteiger partial charge is 0.457 e. The second-order valence-electron chi connectivity index (χ2n) is 4.92. The summed E-state index contributed by atoms with van der Waals surface area (Å²) in [5.41, 5.74) is -0.963. The van der Waals surface area contributed by atoms with Crippen LogP contribution in [-0.4, -0.2) is 30.1 Å².